The molecule has 1 aromatic heterocycles. The van der Waals surface area contributed by atoms with E-state index in [-0.39, 0.29) is 29.4 Å². The third kappa shape index (κ3) is 7.35. The van der Waals surface area contributed by atoms with Crippen LogP contribution in [0.25, 0.3) is 0 Å². The van der Waals surface area contributed by atoms with E-state index in [4.69, 9.17) is 5.73 Å². The number of nitrogens with two attached hydrogens (primary N) is 1. The Labute approximate surface area is 218 Å². The highest BCUT2D eigenvalue weighted by Crippen LogP contribution is 2.36. The normalized spacial score (nSPS) is 18.3. The van der Waals surface area contributed by atoms with E-state index in [1.165, 1.54) is 34.9 Å². The standard InChI is InChI=1S/C28H35FN4O3S/c29-26-8-1-2-9-28(26)37(35,36)33-15-4-3-7-22(30)19-32-27-13-10-21-17-23(34)11-12-24(21)25(27)16-20-6-5-14-31-18-20/h1-2,5-6,8-9,11-12,14,17-18,22,25,27,32-34H,3-4,7,10,13,15-16,19,30H2/t22?,25-,27+/m1/s1. The van der Waals surface area contributed by atoms with E-state index in [9.17, 15) is 17.9 Å². The molecule has 0 amide bonds. The van der Waals surface area contributed by atoms with Gasteiger partial charge in [-0.25, -0.2) is 17.5 Å². The number of sulfonamides is 1. The Balaban J connectivity index is 1.26. The average Bonchev–Trinajstić information content (AvgIpc) is 2.88. The smallest absolute Gasteiger partial charge is 0.243 e. The van der Waals surface area contributed by atoms with Crippen molar-refractivity contribution < 1.29 is 17.9 Å². The first-order chi connectivity index (χ1) is 17.8. The molecular formula is C28H35FN4O3S. The fourth-order valence-electron chi connectivity index (χ4n) is 5.05. The van der Waals surface area contributed by atoms with Gasteiger partial charge in [0, 0.05) is 43.5 Å². The van der Waals surface area contributed by atoms with Crippen molar-refractivity contribution in [2.75, 3.05) is 13.1 Å². The summed E-state index contributed by atoms with van der Waals surface area (Å²) < 4.78 is 40.8. The summed E-state index contributed by atoms with van der Waals surface area (Å²) in [5.41, 5.74) is 10.00. The van der Waals surface area contributed by atoms with E-state index < -0.39 is 15.8 Å². The predicted octanol–water partition coefficient (Wildman–Crippen LogP) is 3.63. The highest BCUT2D eigenvalue weighted by atomic mass is 32.2. The van der Waals surface area contributed by atoms with E-state index in [0.717, 1.165) is 38.2 Å². The molecule has 1 aliphatic rings. The third-order valence-corrected chi connectivity index (χ3v) is 8.47. The minimum atomic E-state index is -3.86. The van der Waals surface area contributed by atoms with Gasteiger partial charge in [-0.05, 0) is 79.1 Å². The number of nitrogens with zero attached hydrogens (tertiary/aromatic N) is 1. The number of phenols is 1. The minimum absolute atomic E-state index is 0.0663. The molecule has 3 aromatic rings. The Kier molecular flexibility index (Phi) is 9.26. The fourth-order valence-corrected chi connectivity index (χ4v) is 6.20. The maximum absolute atomic E-state index is 13.8. The second-order valence-electron chi connectivity index (χ2n) is 9.69. The average molecular weight is 527 g/mol. The van der Waals surface area contributed by atoms with Gasteiger partial charge in [0.15, 0.2) is 0 Å². The summed E-state index contributed by atoms with van der Waals surface area (Å²) in [6.07, 6.45) is 8.49. The van der Waals surface area contributed by atoms with E-state index >= 15 is 0 Å². The van der Waals surface area contributed by atoms with Gasteiger partial charge in [0.2, 0.25) is 10.0 Å². The Morgan fingerprint density at radius 3 is 2.76 bits per heavy atom. The van der Waals surface area contributed by atoms with Crippen LogP contribution in [-0.2, 0) is 22.9 Å². The summed E-state index contributed by atoms with van der Waals surface area (Å²) in [5.74, 6) is -0.218. The highest BCUT2D eigenvalue weighted by molar-refractivity contribution is 7.89. The molecule has 9 heteroatoms. The lowest BCUT2D eigenvalue weighted by Gasteiger charge is -2.35. The summed E-state index contributed by atoms with van der Waals surface area (Å²) >= 11 is 0. The molecule has 0 saturated carbocycles. The molecule has 0 aliphatic heterocycles. The fraction of sp³-hybridized carbons (Fsp3) is 0.393. The van der Waals surface area contributed by atoms with Gasteiger partial charge in [0.05, 0.1) is 0 Å². The zero-order chi connectivity index (χ0) is 26.3. The van der Waals surface area contributed by atoms with E-state index in [1.54, 1.807) is 12.3 Å². The summed E-state index contributed by atoms with van der Waals surface area (Å²) in [6.45, 7) is 0.888. The van der Waals surface area contributed by atoms with Gasteiger partial charge >= 0.3 is 0 Å². The van der Waals surface area contributed by atoms with Crippen molar-refractivity contribution in [2.24, 2.45) is 5.73 Å². The van der Waals surface area contributed by atoms with Crippen molar-refractivity contribution >= 4 is 10.0 Å². The largest absolute Gasteiger partial charge is 0.508 e. The number of unbranched alkanes of at least 4 members (excludes halogenated alkanes) is 1. The summed E-state index contributed by atoms with van der Waals surface area (Å²) in [4.78, 5) is 3.93. The van der Waals surface area contributed by atoms with Crippen LogP contribution in [0.3, 0.4) is 0 Å². The molecule has 0 fully saturated rings. The Hall–Kier alpha value is -2.85. The minimum Gasteiger partial charge on any atom is -0.508 e. The molecule has 37 heavy (non-hydrogen) atoms. The number of aryl methyl sites for hydroxylation is 1. The number of aromatic nitrogens is 1. The van der Waals surface area contributed by atoms with Crippen molar-refractivity contribution in [3.63, 3.8) is 0 Å². The van der Waals surface area contributed by atoms with Crippen LogP contribution in [0.5, 0.6) is 5.75 Å². The summed E-state index contributed by atoms with van der Waals surface area (Å²) in [7, 11) is -3.86. The van der Waals surface area contributed by atoms with Gasteiger partial charge < -0.3 is 16.2 Å². The molecule has 0 saturated heterocycles. The van der Waals surface area contributed by atoms with Gasteiger partial charge in [-0.2, -0.15) is 0 Å². The van der Waals surface area contributed by atoms with Crippen LogP contribution in [0.2, 0.25) is 0 Å². The number of benzene rings is 2. The third-order valence-electron chi connectivity index (χ3n) is 6.98. The molecule has 2 aromatic carbocycles. The van der Waals surface area contributed by atoms with E-state index in [0.29, 0.717) is 18.7 Å². The van der Waals surface area contributed by atoms with Crippen LogP contribution in [0.15, 0.2) is 71.9 Å². The zero-order valence-corrected chi connectivity index (χ0v) is 21.6. The lowest BCUT2D eigenvalue weighted by molar-refractivity contribution is 0.366. The lowest BCUT2D eigenvalue weighted by Crippen LogP contribution is -2.44. The maximum atomic E-state index is 13.8. The Morgan fingerprint density at radius 1 is 1.14 bits per heavy atom. The number of hydrogen-bond acceptors (Lipinski definition) is 6. The van der Waals surface area contributed by atoms with Gasteiger partial charge in [-0.1, -0.05) is 30.7 Å². The molecule has 0 spiro atoms. The molecule has 0 bridgehead atoms. The number of aromatic hydroxyl groups is 1. The Morgan fingerprint density at radius 2 is 1.97 bits per heavy atom. The molecule has 4 rings (SSSR count). The topological polar surface area (TPSA) is 117 Å². The Bertz CT molecular complexity index is 1270. The highest BCUT2D eigenvalue weighted by Gasteiger charge is 2.30. The number of fused-ring (bicyclic) bond motifs is 1. The van der Waals surface area contributed by atoms with Crippen LogP contribution in [0.1, 0.15) is 48.3 Å². The van der Waals surface area contributed by atoms with Gasteiger partial charge in [0.25, 0.3) is 0 Å². The SMILES string of the molecule is NC(CCCCNS(=O)(=O)c1ccccc1F)CN[C@H]1CCc2cc(O)ccc2[C@H]1Cc1cccnc1. The molecule has 5 N–H and O–H groups in total. The molecular weight excluding hydrogens is 491 g/mol. The van der Waals surface area contributed by atoms with Crippen molar-refractivity contribution in [3.8, 4) is 5.75 Å². The molecule has 1 heterocycles. The number of nitrogens with one attached hydrogen (secondary N) is 2. The molecule has 3 atom stereocenters. The van der Waals surface area contributed by atoms with Crippen molar-refractivity contribution in [1.82, 2.24) is 15.0 Å². The number of phenolic OH excluding ortho intramolecular Hbond substituents is 1. The predicted molar refractivity (Wildman–Crippen MR) is 142 cm³/mol. The number of pyridine rings is 1. The first-order valence-corrected chi connectivity index (χ1v) is 14.3. The second kappa shape index (κ2) is 12.6. The van der Waals surface area contributed by atoms with E-state index in [2.05, 4.69) is 21.1 Å². The quantitative estimate of drug-likeness (QED) is 0.268. The second-order valence-corrected chi connectivity index (χ2v) is 11.4. The van der Waals surface area contributed by atoms with E-state index in [1.807, 2.05) is 24.4 Å². The monoisotopic (exact) mass is 526 g/mol. The van der Waals surface area contributed by atoms with Crippen LogP contribution in [0, 0.1) is 5.82 Å². The molecule has 1 aliphatic carbocycles. The molecule has 1 unspecified atom stereocenters. The molecule has 0 radical (unpaired) electrons. The summed E-state index contributed by atoms with van der Waals surface area (Å²) in [5, 5.41) is 13.6. The number of hydrogen-bond donors (Lipinski definition) is 4. The maximum Gasteiger partial charge on any atom is 0.243 e. The van der Waals surface area contributed by atoms with Crippen LogP contribution < -0.4 is 15.8 Å². The number of rotatable bonds is 12. The van der Waals surface area contributed by atoms with Crippen molar-refractivity contribution in [3.05, 3.63) is 89.5 Å². The number of halogens is 1. The van der Waals surface area contributed by atoms with Gasteiger partial charge in [-0.3, -0.25) is 4.98 Å². The van der Waals surface area contributed by atoms with Crippen molar-refractivity contribution in [1.29, 1.82) is 0 Å². The molecule has 198 valence electrons. The first-order valence-electron chi connectivity index (χ1n) is 12.8. The first kappa shape index (κ1) is 27.2. The van der Waals surface area contributed by atoms with Gasteiger partial charge in [-0.15, -0.1) is 0 Å². The lowest BCUT2D eigenvalue weighted by atomic mass is 9.76. The van der Waals surface area contributed by atoms with Crippen LogP contribution >= 0.6 is 0 Å². The van der Waals surface area contributed by atoms with Crippen LogP contribution in [0.4, 0.5) is 4.39 Å². The summed E-state index contributed by atoms with van der Waals surface area (Å²) in [6, 6.07) is 15.2. The van der Waals surface area contributed by atoms with Crippen molar-refractivity contribution in [2.45, 2.75) is 61.4 Å². The van der Waals surface area contributed by atoms with Gasteiger partial charge in [0.1, 0.15) is 16.5 Å². The molecule has 7 nitrogen and oxygen atoms in total. The zero-order valence-electron chi connectivity index (χ0n) is 20.8. The van der Waals surface area contributed by atoms with Crippen LogP contribution in [-0.4, -0.2) is 43.7 Å².